The first-order chi connectivity index (χ1) is 15.3. The van der Waals surface area contributed by atoms with Gasteiger partial charge in [-0.25, -0.2) is 4.39 Å². The van der Waals surface area contributed by atoms with Crippen molar-refractivity contribution in [3.63, 3.8) is 0 Å². The number of nitrogens with zero attached hydrogens (tertiary/aromatic N) is 2. The number of rotatable bonds is 4. The van der Waals surface area contributed by atoms with Crippen molar-refractivity contribution in [2.75, 3.05) is 12.0 Å². The van der Waals surface area contributed by atoms with E-state index in [0.717, 1.165) is 6.07 Å². The van der Waals surface area contributed by atoms with Crippen LogP contribution in [-0.2, 0) is 9.59 Å². The summed E-state index contributed by atoms with van der Waals surface area (Å²) in [6.07, 6.45) is 3.03. The number of benzene rings is 2. The second kappa shape index (κ2) is 8.43. The molecule has 1 atom stereocenters. The standard InChI is InChI=1S/C24H18ClFN2O4/c1-13-3-4-15(25)11-18(13)28-21(14-7-9-27-10-8-14)20(23(30)24(28)31)22(29)17-12-16(26)5-6-19(17)32-2/h3-12,21,29H,1-2H3/b22-20+. The molecule has 1 aromatic heterocycles. The van der Waals surface area contributed by atoms with Gasteiger partial charge in [-0.3, -0.25) is 19.5 Å². The van der Waals surface area contributed by atoms with Gasteiger partial charge in [-0.05, 0) is 60.5 Å². The summed E-state index contributed by atoms with van der Waals surface area (Å²) in [5.41, 5.74) is 1.44. The molecule has 2 heterocycles. The molecule has 1 unspecified atom stereocenters. The largest absolute Gasteiger partial charge is 0.507 e. The van der Waals surface area contributed by atoms with E-state index in [9.17, 15) is 19.1 Å². The zero-order valence-corrected chi connectivity index (χ0v) is 17.9. The molecule has 1 aliphatic rings. The van der Waals surface area contributed by atoms with Gasteiger partial charge in [-0.1, -0.05) is 17.7 Å². The van der Waals surface area contributed by atoms with Crippen LogP contribution in [0.5, 0.6) is 5.75 Å². The van der Waals surface area contributed by atoms with Gasteiger partial charge in [0, 0.05) is 23.1 Å². The van der Waals surface area contributed by atoms with E-state index in [-0.39, 0.29) is 16.9 Å². The highest BCUT2D eigenvalue weighted by atomic mass is 35.5. The normalized spacial score (nSPS) is 17.6. The molecule has 0 spiro atoms. The van der Waals surface area contributed by atoms with Crippen LogP contribution in [0.1, 0.15) is 22.7 Å². The van der Waals surface area contributed by atoms with Crippen LogP contribution in [0, 0.1) is 12.7 Å². The monoisotopic (exact) mass is 452 g/mol. The number of aliphatic hydroxyl groups is 1. The molecule has 0 bridgehead atoms. The average molecular weight is 453 g/mol. The van der Waals surface area contributed by atoms with E-state index >= 15 is 0 Å². The summed E-state index contributed by atoms with van der Waals surface area (Å²) in [5.74, 6) is -2.76. The van der Waals surface area contributed by atoms with Crippen molar-refractivity contribution in [3.05, 3.63) is 94.0 Å². The Morgan fingerprint density at radius 2 is 1.84 bits per heavy atom. The minimum absolute atomic E-state index is 0.0348. The molecular formula is C24H18ClFN2O4. The Hall–Kier alpha value is -3.71. The van der Waals surface area contributed by atoms with Gasteiger partial charge in [0.25, 0.3) is 11.7 Å². The molecule has 0 aliphatic carbocycles. The first kappa shape index (κ1) is 21.5. The number of hydrogen-bond donors (Lipinski definition) is 1. The number of carbonyl (C=O) groups excluding carboxylic acids is 2. The molecule has 1 saturated heterocycles. The Morgan fingerprint density at radius 3 is 2.53 bits per heavy atom. The zero-order chi connectivity index (χ0) is 23.0. The Labute approximate surface area is 188 Å². The number of aromatic nitrogens is 1. The summed E-state index contributed by atoms with van der Waals surface area (Å²) in [6.45, 7) is 1.78. The molecule has 6 nitrogen and oxygen atoms in total. The molecule has 3 aromatic rings. The average Bonchev–Trinajstić information content (AvgIpc) is 3.06. The van der Waals surface area contributed by atoms with E-state index in [1.165, 1.54) is 36.5 Å². The fourth-order valence-electron chi connectivity index (χ4n) is 3.79. The van der Waals surface area contributed by atoms with Crippen molar-refractivity contribution < 1.29 is 23.8 Å². The van der Waals surface area contributed by atoms with Crippen LogP contribution >= 0.6 is 11.6 Å². The van der Waals surface area contributed by atoms with Gasteiger partial charge in [0.05, 0.1) is 24.3 Å². The second-order valence-corrected chi connectivity index (χ2v) is 7.66. The lowest BCUT2D eigenvalue weighted by atomic mass is 9.95. The molecule has 1 amide bonds. The maximum absolute atomic E-state index is 14.0. The van der Waals surface area contributed by atoms with Crippen molar-refractivity contribution in [1.82, 2.24) is 4.98 Å². The molecule has 162 valence electrons. The van der Waals surface area contributed by atoms with Crippen molar-refractivity contribution in [2.24, 2.45) is 0 Å². The number of aryl methyl sites for hydroxylation is 1. The number of amides is 1. The van der Waals surface area contributed by atoms with Crippen LogP contribution in [0.25, 0.3) is 5.76 Å². The van der Waals surface area contributed by atoms with Crippen LogP contribution in [0.4, 0.5) is 10.1 Å². The first-order valence-electron chi connectivity index (χ1n) is 9.64. The summed E-state index contributed by atoms with van der Waals surface area (Å²) in [6, 6.07) is 10.8. The number of ether oxygens (including phenoxy) is 1. The summed E-state index contributed by atoms with van der Waals surface area (Å²) in [7, 11) is 1.36. The van der Waals surface area contributed by atoms with E-state index in [4.69, 9.17) is 16.3 Å². The minimum atomic E-state index is -0.983. The van der Waals surface area contributed by atoms with E-state index in [2.05, 4.69) is 4.98 Å². The number of pyridine rings is 1. The van der Waals surface area contributed by atoms with E-state index < -0.39 is 29.3 Å². The minimum Gasteiger partial charge on any atom is -0.507 e. The molecule has 1 fully saturated rings. The molecular weight excluding hydrogens is 435 g/mol. The molecule has 0 radical (unpaired) electrons. The Kier molecular flexibility index (Phi) is 5.67. The van der Waals surface area contributed by atoms with Gasteiger partial charge in [0.2, 0.25) is 0 Å². The van der Waals surface area contributed by atoms with E-state index in [0.29, 0.717) is 21.8 Å². The van der Waals surface area contributed by atoms with Gasteiger partial charge < -0.3 is 9.84 Å². The highest BCUT2D eigenvalue weighted by Gasteiger charge is 2.47. The van der Waals surface area contributed by atoms with Crippen LogP contribution in [-0.4, -0.2) is 28.9 Å². The number of methoxy groups -OCH3 is 1. The van der Waals surface area contributed by atoms with Crippen LogP contribution in [0.2, 0.25) is 5.02 Å². The summed E-state index contributed by atoms with van der Waals surface area (Å²) < 4.78 is 19.2. The number of halogens is 2. The smallest absolute Gasteiger partial charge is 0.300 e. The fourth-order valence-corrected chi connectivity index (χ4v) is 3.96. The molecule has 0 saturated carbocycles. The van der Waals surface area contributed by atoms with E-state index in [1.54, 1.807) is 37.3 Å². The predicted octanol–water partition coefficient (Wildman–Crippen LogP) is 4.82. The fraction of sp³-hybridized carbons (Fsp3) is 0.125. The van der Waals surface area contributed by atoms with Crippen LogP contribution < -0.4 is 9.64 Å². The Bertz CT molecular complexity index is 1260. The third kappa shape index (κ3) is 3.61. The quantitative estimate of drug-likeness (QED) is 0.349. The third-order valence-corrected chi connectivity index (χ3v) is 5.55. The highest BCUT2D eigenvalue weighted by Crippen LogP contribution is 2.44. The maximum Gasteiger partial charge on any atom is 0.300 e. The topological polar surface area (TPSA) is 79.7 Å². The third-order valence-electron chi connectivity index (χ3n) is 5.31. The molecule has 4 rings (SSSR count). The van der Waals surface area contributed by atoms with Gasteiger partial charge in [0.15, 0.2) is 0 Å². The maximum atomic E-state index is 14.0. The number of anilines is 1. The van der Waals surface area contributed by atoms with Crippen molar-refractivity contribution >= 4 is 34.7 Å². The van der Waals surface area contributed by atoms with Gasteiger partial charge >= 0.3 is 0 Å². The first-order valence-corrected chi connectivity index (χ1v) is 10.0. The molecule has 32 heavy (non-hydrogen) atoms. The van der Waals surface area contributed by atoms with Crippen LogP contribution in [0.15, 0.2) is 66.5 Å². The molecule has 2 aromatic carbocycles. The Balaban J connectivity index is 2.01. The Morgan fingerprint density at radius 1 is 1.12 bits per heavy atom. The predicted molar refractivity (Wildman–Crippen MR) is 118 cm³/mol. The lowest BCUT2D eigenvalue weighted by Crippen LogP contribution is -2.30. The van der Waals surface area contributed by atoms with Gasteiger partial charge in [-0.2, -0.15) is 0 Å². The number of aliphatic hydroxyl groups excluding tert-OH is 1. The summed E-state index contributed by atoms with van der Waals surface area (Å²) in [5, 5.41) is 11.5. The number of carbonyl (C=O) groups is 2. The summed E-state index contributed by atoms with van der Waals surface area (Å²) in [4.78, 5) is 31.6. The van der Waals surface area contributed by atoms with E-state index in [1.807, 2.05) is 0 Å². The molecule has 1 aliphatic heterocycles. The van der Waals surface area contributed by atoms with Crippen molar-refractivity contribution in [3.8, 4) is 5.75 Å². The summed E-state index contributed by atoms with van der Waals surface area (Å²) >= 11 is 6.17. The molecule has 8 heteroatoms. The van der Waals surface area contributed by atoms with Crippen molar-refractivity contribution in [2.45, 2.75) is 13.0 Å². The van der Waals surface area contributed by atoms with Gasteiger partial charge in [0.1, 0.15) is 17.3 Å². The van der Waals surface area contributed by atoms with Crippen molar-refractivity contribution in [1.29, 1.82) is 0 Å². The van der Waals surface area contributed by atoms with Crippen LogP contribution in [0.3, 0.4) is 0 Å². The SMILES string of the molecule is COc1ccc(F)cc1/C(O)=C1\C(=O)C(=O)N(c2cc(Cl)ccc2C)C1c1ccncc1. The highest BCUT2D eigenvalue weighted by molar-refractivity contribution is 6.52. The van der Waals surface area contributed by atoms with Gasteiger partial charge in [-0.15, -0.1) is 0 Å². The lowest BCUT2D eigenvalue weighted by Gasteiger charge is -2.27. The number of ketones is 1. The molecule has 1 N–H and O–H groups in total. The number of hydrogen-bond acceptors (Lipinski definition) is 5. The zero-order valence-electron chi connectivity index (χ0n) is 17.2. The number of Topliss-reactive ketones (excluding diaryl/α,β-unsaturated/α-hetero) is 1. The lowest BCUT2D eigenvalue weighted by molar-refractivity contribution is -0.132. The second-order valence-electron chi connectivity index (χ2n) is 7.23.